The summed E-state index contributed by atoms with van der Waals surface area (Å²) in [4.78, 5) is 0. The minimum absolute atomic E-state index is 0. The Morgan fingerprint density at radius 2 is 2.22 bits per heavy atom. The van der Waals surface area contributed by atoms with E-state index in [1.54, 1.807) is 6.92 Å². The Kier molecular flexibility index (Phi) is 14.4. The Bertz CT molecular complexity index is 91.1. The van der Waals surface area contributed by atoms with Gasteiger partial charge in [-0.05, 0) is 0 Å². The van der Waals surface area contributed by atoms with Gasteiger partial charge in [0.25, 0.3) is 0 Å². The zero-order valence-electron chi connectivity index (χ0n) is 5.59. The Morgan fingerprint density at radius 3 is 2.33 bits per heavy atom. The van der Waals surface area contributed by atoms with Crippen LogP contribution >= 0.6 is 0 Å². The van der Waals surface area contributed by atoms with Gasteiger partial charge in [0.2, 0.25) is 0 Å². The monoisotopic (exact) mass is 196 g/mol. The average Bonchev–Trinajstić information content (AvgIpc) is 2.17. The van der Waals surface area contributed by atoms with E-state index in [9.17, 15) is 0 Å². The van der Waals surface area contributed by atoms with Gasteiger partial charge in [-0.1, -0.05) is 6.92 Å². The number of allylic oxidation sites excluding steroid dienone is 5. The summed E-state index contributed by atoms with van der Waals surface area (Å²) in [5.74, 6) is 0. The Hall–Kier alpha value is 0.103. The van der Waals surface area contributed by atoms with Gasteiger partial charge in [0, 0.05) is 0 Å². The van der Waals surface area contributed by atoms with Crippen LogP contribution in [0.3, 0.4) is 0 Å². The van der Waals surface area contributed by atoms with E-state index in [1.807, 2.05) is 12.2 Å². The van der Waals surface area contributed by atoms with Crippen molar-refractivity contribution in [3.8, 4) is 0 Å². The molecule has 0 radical (unpaired) electrons. The maximum atomic E-state index is 4.72. The molecule has 0 fully saturated rings. The van der Waals surface area contributed by atoms with Crippen LogP contribution in [-0.4, -0.2) is 0 Å². The molecule has 0 N–H and O–H groups in total. The summed E-state index contributed by atoms with van der Waals surface area (Å²) in [5.41, 5.74) is 0. The van der Waals surface area contributed by atoms with Gasteiger partial charge >= 0.3 is 26.2 Å². The van der Waals surface area contributed by atoms with E-state index in [4.69, 9.17) is 6.58 Å². The molecule has 0 aromatic rings. The van der Waals surface area contributed by atoms with Gasteiger partial charge in [0.05, 0.1) is 0 Å². The van der Waals surface area contributed by atoms with Gasteiger partial charge in [0.1, 0.15) is 0 Å². The largest absolute Gasteiger partial charge is 2.00 e. The smallest absolute Gasteiger partial charge is 0.518 e. The molecule has 0 spiro atoms. The standard InChI is InChI=1S/C5H5.C3H5.Zr/c1-2-4-5-3-1;1-3-2;/h1-3H,4H2;1,3H,2H3;/q2*-1;+2. The van der Waals surface area contributed by atoms with Crippen molar-refractivity contribution in [2.75, 3.05) is 0 Å². The maximum Gasteiger partial charge on any atom is 2.00 e. The van der Waals surface area contributed by atoms with Crippen LogP contribution in [0.25, 0.3) is 0 Å². The van der Waals surface area contributed by atoms with Crippen molar-refractivity contribution in [2.45, 2.75) is 13.3 Å². The second kappa shape index (κ2) is 11.0. The normalized spacial score (nSPS) is 11.2. The molecule has 0 nitrogen and oxygen atoms in total. The molecule has 0 unspecified atom stereocenters. The zero-order valence-corrected chi connectivity index (χ0v) is 8.05. The van der Waals surface area contributed by atoms with E-state index in [1.165, 1.54) is 6.08 Å². The summed E-state index contributed by atoms with van der Waals surface area (Å²) in [6, 6.07) is 0. The van der Waals surface area contributed by atoms with Crippen LogP contribution in [0, 0.1) is 12.7 Å². The fourth-order valence-electron chi connectivity index (χ4n) is 0.340. The number of rotatable bonds is 0. The van der Waals surface area contributed by atoms with Crippen molar-refractivity contribution >= 4 is 0 Å². The fraction of sp³-hybridized carbons (Fsp3) is 0.250. The summed E-state index contributed by atoms with van der Waals surface area (Å²) < 4.78 is 0. The van der Waals surface area contributed by atoms with Crippen molar-refractivity contribution in [3.63, 3.8) is 0 Å². The van der Waals surface area contributed by atoms with Crippen molar-refractivity contribution in [2.24, 2.45) is 0 Å². The van der Waals surface area contributed by atoms with Gasteiger partial charge in [-0.25, -0.2) is 12.2 Å². The third-order valence-corrected chi connectivity index (χ3v) is 0.586. The van der Waals surface area contributed by atoms with Gasteiger partial charge in [-0.2, -0.15) is 6.08 Å². The summed E-state index contributed by atoms with van der Waals surface area (Å²) >= 11 is 0. The van der Waals surface area contributed by atoms with Crippen LogP contribution in [0.5, 0.6) is 0 Å². The fourth-order valence-corrected chi connectivity index (χ4v) is 0.340. The van der Waals surface area contributed by atoms with E-state index in [-0.39, 0.29) is 26.2 Å². The summed E-state index contributed by atoms with van der Waals surface area (Å²) in [5, 5.41) is 0. The second-order valence-electron chi connectivity index (χ2n) is 1.34. The molecule has 0 heterocycles. The first-order valence-corrected chi connectivity index (χ1v) is 2.63. The number of hydrogen-bond donors (Lipinski definition) is 0. The second-order valence-corrected chi connectivity index (χ2v) is 1.34. The van der Waals surface area contributed by atoms with Crippen LogP contribution in [0.15, 0.2) is 24.3 Å². The maximum absolute atomic E-state index is 4.72. The van der Waals surface area contributed by atoms with E-state index in [2.05, 4.69) is 12.2 Å². The van der Waals surface area contributed by atoms with Crippen LogP contribution in [0.1, 0.15) is 13.3 Å². The molecule has 0 amide bonds. The zero-order chi connectivity index (χ0) is 6.24. The third kappa shape index (κ3) is 11.6. The first-order valence-electron chi connectivity index (χ1n) is 2.63. The first kappa shape index (κ1) is 11.8. The predicted molar refractivity (Wildman–Crippen MR) is 36.1 cm³/mol. The molecule has 0 saturated carbocycles. The van der Waals surface area contributed by atoms with Gasteiger partial charge in [-0.15, -0.1) is 6.42 Å². The van der Waals surface area contributed by atoms with Crippen molar-refractivity contribution in [1.82, 2.24) is 0 Å². The molecule has 0 aromatic carbocycles. The Morgan fingerprint density at radius 1 is 1.67 bits per heavy atom. The summed E-state index contributed by atoms with van der Waals surface area (Å²) in [6.07, 6.45) is 11.5. The molecule has 1 aliphatic rings. The van der Waals surface area contributed by atoms with Crippen molar-refractivity contribution < 1.29 is 26.2 Å². The Labute approximate surface area is 76.5 Å². The third-order valence-electron chi connectivity index (χ3n) is 0.586. The molecular weight excluding hydrogens is 187 g/mol. The first-order chi connectivity index (χ1) is 3.91. The van der Waals surface area contributed by atoms with Crippen LogP contribution in [0.4, 0.5) is 0 Å². The molecule has 1 aliphatic carbocycles. The molecule has 1 heteroatoms. The van der Waals surface area contributed by atoms with E-state index in [0.29, 0.717) is 0 Å². The summed E-state index contributed by atoms with van der Waals surface area (Å²) in [7, 11) is 0. The molecule has 1 rings (SSSR count). The molecule has 0 saturated heterocycles. The minimum Gasteiger partial charge on any atom is -0.518 e. The molecule has 0 aromatic heterocycles. The van der Waals surface area contributed by atoms with E-state index < -0.39 is 0 Å². The van der Waals surface area contributed by atoms with E-state index >= 15 is 0 Å². The molecular formula is C8H10Zr. The topological polar surface area (TPSA) is 0 Å². The minimum atomic E-state index is 0. The quantitative estimate of drug-likeness (QED) is 0.523. The van der Waals surface area contributed by atoms with Crippen molar-refractivity contribution in [3.05, 3.63) is 37.0 Å². The van der Waals surface area contributed by atoms with Gasteiger partial charge in [0.15, 0.2) is 0 Å². The van der Waals surface area contributed by atoms with Crippen LogP contribution < -0.4 is 0 Å². The SMILES string of the molecule is [C-]1=CC=CC1.[CH-]=CC.[Zr+2]. The molecule has 0 bridgehead atoms. The van der Waals surface area contributed by atoms with Crippen molar-refractivity contribution in [1.29, 1.82) is 0 Å². The van der Waals surface area contributed by atoms with Gasteiger partial charge in [-0.3, -0.25) is 12.2 Å². The molecule has 46 valence electrons. The average molecular weight is 197 g/mol. The molecule has 0 atom stereocenters. The van der Waals surface area contributed by atoms with Crippen LogP contribution in [-0.2, 0) is 26.2 Å². The molecule has 9 heavy (non-hydrogen) atoms. The number of hydrogen-bond acceptors (Lipinski definition) is 0. The molecule has 0 aliphatic heterocycles. The van der Waals surface area contributed by atoms with E-state index in [0.717, 1.165) is 6.42 Å². The summed E-state index contributed by atoms with van der Waals surface area (Å²) in [6.45, 7) is 6.50. The van der Waals surface area contributed by atoms with Gasteiger partial charge < -0.3 is 6.58 Å². The predicted octanol–water partition coefficient (Wildman–Crippen LogP) is 2.30. The Balaban J connectivity index is 0. The van der Waals surface area contributed by atoms with Crippen LogP contribution in [0.2, 0.25) is 0 Å².